The monoisotopic (exact) mass is 322 g/mol. The van der Waals surface area contributed by atoms with E-state index in [-0.39, 0.29) is 5.75 Å². The zero-order valence-corrected chi connectivity index (χ0v) is 13.5. The summed E-state index contributed by atoms with van der Waals surface area (Å²) in [6.45, 7) is 3.68. The van der Waals surface area contributed by atoms with Crippen molar-refractivity contribution in [3.05, 3.63) is 30.2 Å². The molecule has 1 aromatic heterocycles. The molecule has 2 heterocycles. The largest absolute Gasteiger partial charge is 0.494 e. The maximum atomic E-state index is 13.9. The highest BCUT2D eigenvalue weighted by atomic mass is 32.2. The number of fused-ring (bicyclic) bond motifs is 1. The lowest BCUT2D eigenvalue weighted by Crippen LogP contribution is -2.29. The smallest absolute Gasteiger partial charge is 0.167 e. The Bertz CT molecular complexity index is 723. The van der Waals surface area contributed by atoms with Gasteiger partial charge in [0.15, 0.2) is 11.6 Å². The SMILES string of the molecule is COc1cc2c(N3CCS(=O)CC(C)C3)ccnc2cc1F. The summed E-state index contributed by atoms with van der Waals surface area (Å²) >= 11 is 0. The van der Waals surface area contributed by atoms with E-state index >= 15 is 0 Å². The van der Waals surface area contributed by atoms with Crippen LogP contribution in [0.4, 0.5) is 10.1 Å². The van der Waals surface area contributed by atoms with Crippen molar-refractivity contribution < 1.29 is 13.3 Å². The summed E-state index contributed by atoms with van der Waals surface area (Å²) in [5, 5.41) is 0.862. The van der Waals surface area contributed by atoms with Crippen LogP contribution in [-0.2, 0) is 10.8 Å². The van der Waals surface area contributed by atoms with Crippen LogP contribution in [0.2, 0.25) is 0 Å². The molecule has 0 aliphatic carbocycles. The molecule has 22 heavy (non-hydrogen) atoms. The van der Waals surface area contributed by atoms with Crippen molar-refractivity contribution in [1.82, 2.24) is 4.98 Å². The zero-order chi connectivity index (χ0) is 15.7. The molecule has 1 saturated heterocycles. The molecule has 0 spiro atoms. The third-order valence-corrected chi connectivity index (χ3v) is 5.50. The van der Waals surface area contributed by atoms with Gasteiger partial charge in [0.05, 0.1) is 12.6 Å². The first-order valence-corrected chi connectivity index (χ1v) is 8.79. The Balaban J connectivity index is 2.07. The van der Waals surface area contributed by atoms with Gasteiger partial charge in [0, 0.05) is 58.7 Å². The fourth-order valence-electron chi connectivity index (χ4n) is 2.92. The van der Waals surface area contributed by atoms with Crippen LogP contribution in [-0.4, -0.2) is 40.9 Å². The first-order valence-electron chi connectivity index (χ1n) is 7.30. The minimum atomic E-state index is -0.767. The summed E-state index contributed by atoms with van der Waals surface area (Å²) in [4.78, 5) is 6.47. The molecule has 0 radical (unpaired) electrons. The van der Waals surface area contributed by atoms with Gasteiger partial charge in [0.25, 0.3) is 0 Å². The second-order valence-electron chi connectivity index (χ2n) is 5.70. The molecule has 1 aromatic carbocycles. The van der Waals surface area contributed by atoms with Crippen molar-refractivity contribution in [3.63, 3.8) is 0 Å². The summed E-state index contributed by atoms with van der Waals surface area (Å²) in [7, 11) is 0.688. The molecule has 0 bridgehead atoms. The number of methoxy groups -OCH3 is 1. The third kappa shape index (κ3) is 2.92. The average molecular weight is 322 g/mol. The number of rotatable bonds is 2. The van der Waals surface area contributed by atoms with Crippen molar-refractivity contribution in [2.24, 2.45) is 5.92 Å². The predicted molar refractivity (Wildman–Crippen MR) is 87.5 cm³/mol. The standard InChI is InChI=1S/C16H19FN2O2S/c1-11-9-19(5-6-22(20)10-11)15-3-4-18-14-8-13(17)16(21-2)7-12(14)15/h3-4,7-8,11H,5-6,9-10H2,1-2H3. The van der Waals surface area contributed by atoms with E-state index in [0.29, 0.717) is 17.2 Å². The van der Waals surface area contributed by atoms with E-state index in [1.165, 1.54) is 13.2 Å². The van der Waals surface area contributed by atoms with E-state index in [1.807, 2.05) is 6.07 Å². The first kappa shape index (κ1) is 15.2. The fourth-order valence-corrected chi connectivity index (χ4v) is 4.25. The number of nitrogens with zero attached hydrogens (tertiary/aromatic N) is 2. The van der Waals surface area contributed by atoms with Gasteiger partial charge in [-0.2, -0.15) is 0 Å². The maximum Gasteiger partial charge on any atom is 0.167 e. The van der Waals surface area contributed by atoms with E-state index < -0.39 is 16.6 Å². The number of aromatic nitrogens is 1. The molecule has 118 valence electrons. The number of anilines is 1. The van der Waals surface area contributed by atoms with Crippen molar-refractivity contribution in [2.75, 3.05) is 36.6 Å². The molecule has 0 saturated carbocycles. The van der Waals surface area contributed by atoms with Gasteiger partial charge in [-0.25, -0.2) is 4.39 Å². The van der Waals surface area contributed by atoms with Gasteiger partial charge in [-0.15, -0.1) is 0 Å². The van der Waals surface area contributed by atoms with E-state index in [9.17, 15) is 8.60 Å². The second-order valence-corrected chi connectivity index (χ2v) is 7.32. The van der Waals surface area contributed by atoms with Crippen LogP contribution in [0.25, 0.3) is 10.9 Å². The average Bonchev–Trinajstić information content (AvgIpc) is 2.66. The summed E-state index contributed by atoms with van der Waals surface area (Å²) < 4.78 is 30.8. The van der Waals surface area contributed by atoms with Crippen molar-refractivity contribution in [1.29, 1.82) is 0 Å². The summed E-state index contributed by atoms with van der Waals surface area (Å²) in [6, 6.07) is 5.03. The predicted octanol–water partition coefficient (Wildman–Crippen LogP) is 2.59. The van der Waals surface area contributed by atoms with Gasteiger partial charge in [0.1, 0.15) is 0 Å². The van der Waals surface area contributed by atoms with Gasteiger partial charge in [-0.05, 0) is 18.1 Å². The van der Waals surface area contributed by atoms with Gasteiger partial charge in [-0.3, -0.25) is 9.19 Å². The molecule has 6 heteroatoms. The molecular weight excluding hydrogens is 303 g/mol. The lowest BCUT2D eigenvalue weighted by Gasteiger charge is -2.25. The van der Waals surface area contributed by atoms with E-state index in [0.717, 1.165) is 29.9 Å². The van der Waals surface area contributed by atoms with E-state index in [4.69, 9.17) is 4.74 Å². The minimum absolute atomic E-state index is 0.216. The Hall–Kier alpha value is -1.69. The van der Waals surface area contributed by atoms with Crippen LogP contribution in [0.1, 0.15) is 6.92 Å². The minimum Gasteiger partial charge on any atom is -0.494 e. The quantitative estimate of drug-likeness (QED) is 0.852. The van der Waals surface area contributed by atoms with Crippen LogP contribution in [0.3, 0.4) is 0 Å². The molecule has 1 aliphatic rings. The third-order valence-electron chi connectivity index (χ3n) is 3.92. The highest BCUT2D eigenvalue weighted by Crippen LogP contribution is 2.31. The first-order chi connectivity index (χ1) is 10.6. The van der Waals surface area contributed by atoms with E-state index in [2.05, 4.69) is 16.8 Å². The number of halogens is 1. The number of pyridine rings is 1. The van der Waals surface area contributed by atoms with Gasteiger partial charge >= 0.3 is 0 Å². The summed E-state index contributed by atoms with van der Waals surface area (Å²) in [6.07, 6.45) is 1.69. The maximum absolute atomic E-state index is 13.9. The highest BCUT2D eigenvalue weighted by Gasteiger charge is 2.21. The van der Waals surface area contributed by atoms with Gasteiger partial charge in [-0.1, -0.05) is 6.92 Å². The van der Waals surface area contributed by atoms with Crippen LogP contribution in [0.5, 0.6) is 5.75 Å². The summed E-state index contributed by atoms with van der Waals surface area (Å²) in [5.41, 5.74) is 1.60. The zero-order valence-electron chi connectivity index (χ0n) is 12.7. The number of hydrogen-bond acceptors (Lipinski definition) is 4. The molecule has 2 atom stereocenters. The number of hydrogen-bond donors (Lipinski definition) is 0. The molecule has 1 fully saturated rings. The Kier molecular flexibility index (Phi) is 4.29. The molecule has 0 amide bonds. The Labute approximate surface area is 131 Å². The Morgan fingerprint density at radius 2 is 2.27 bits per heavy atom. The summed E-state index contributed by atoms with van der Waals surface area (Å²) in [5.74, 6) is 1.55. The number of ether oxygens (including phenoxy) is 1. The Morgan fingerprint density at radius 3 is 3.05 bits per heavy atom. The molecule has 0 N–H and O–H groups in total. The molecule has 2 unspecified atom stereocenters. The van der Waals surface area contributed by atoms with Gasteiger partial charge in [0.2, 0.25) is 0 Å². The lowest BCUT2D eigenvalue weighted by molar-refractivity contribution is 0.387. The topological polar surface area (TPSA) is 42.4 Å². The van der Waals surface area contributed by atoms with Crippen LogP contribution in [0, 0.1) is 11.7 Å². The molecular formula is C16H19FN2O2S. The molecule has 2 aromatic rings. The normalized spacial score (nSPS) is 22.6. The lowest BCUT2D eigenvalue weighted by atomic mass is 10.1. The highest BCUT2D eigenvalue weighted by molar-refractivity contribution is 7.85. The van der Waals surface area contributed by atoms with Crippen molar-refractivity contribution >= 4 is 27.4 Å². The van der Waals surface area contributed by atoms with Crippen LogP contribution >= 0.6 is 0 Å². The van der Waals surface area contributed by atoms with Crippen molar-refractivity contribution in [3.8, 4) is 5.75 Å². The molecule has 4 nitrogen and oxygen atoms in total. The van der Waals surface area contributed by atoms with Crippen molar-refractivity contribution in [2.45, 2.75) is 6.92 Å². The van der Waals surface area contributed by atoms with Crippen LogP contribution < -0.4 is 9.64 Å². The Morgan fingerprint density at radius 1 is 1.45 bits per heavy atom. The fraction of sp³-hybridized carbons (Fsp3) is 0.438. The van der Waals surface area contributed by atoms with E-state index in [1.54, 1.807) is 12.3 Å². The number of benzene rings is 1. The van der Waals surface area contributed by atoms with Crippen LogP contribution in [0.15, 0.2) is 24.4 Å². The molecule has 3 rings (SSSR count). The second kappa shape index (κ2) is 6.20. The molecule has 1 aliphatic heterocycles. The van der Waals surface area contributed by atoms with Gasteiger partial charge < -0.3 is 9.64 Å².